The largest absolute Gasteiger partial charge is 0.497 e. The second-order valence-electron chi connectivity index (χ2n) is 9.09. The standard InChI is InChI=1S/C29H32N2O4/c1-5-31-24-9-7-6-8-23(24)27(19-10-13-21(33-2)14-11-19)28-25(31)18-30(29(28)32)17-20-12-15-22(34-3)16-26(20)35-4/h6-16,25,27-28H,5,17-18H2,1-4H3/t25-,27-,28+/m1/s1. The number of likely N-dealkylation sites (N-methyl/N-ethyl adjacent to an activating group) is 1. The number of carbonyl (C=O) groups excluding carboxylic acids is 1. The molecule has 2 heterocycles. The number of rotatable bonds is 7. The van der Waals surface area contributed by atoms with E-state index >= 15 is 0 Å². The number of anilines is 1. The Morgan fingerprint density at radius 3 is 2.29 bits per heavy atom. The minimum absolute atomic E-state index is 0.0137. The van der Waals surface area contributed by atoms with Gasteiger partial charge in [0.2, 0.25) is 5.91 Å². The highest BCUT2D eigenvalue weighted by Gasteiger charge is 2.51. The Kier molecular flexibility index (Phi) is 6.29. The number of hydrogen-bond acceptors (Lipinski definition) is 5. The first-order valence-corrected chi connectivity index (χ1v) is 12.1. The lowest BCUT2D eigenvalue weighted by Crippen LogP contribution is -2.47. The van der Waals surface area contributed by atoms with Gasteiger partial charge in [-0.25, -0.2) is 0 Å². The summed E-state index contributed by atoms with van der Waals surface area (Å²) in [4.78, 5) is 18.5. The summed E-state index contributed by atoms with van der Waals surface area (Å²) in [6.07, 6.45) is 0. The minimum Gasteiger partial charge on any atom is -0.497 e. The van der Waals surface area contributed by atoms with E-state index in [-0.39, 0.29) is 23.8 Å². The molecule has 5 rings (SSSR count). The summed E-state index contributed by atoms with van der Waals surface area (Å²) in [5.41, 5.74) is 4.54. The predicted molar refractivity (Wildman–Crippen MR) is 137 cm³/mol. The number of carbonyl (C=O) groups is 1. The van der Waals surface area contributed by atoms with Crippen molar-refractivity contribution in [1.29, 1.82) is 0 Å². The van der Waals surface area contributed by atoms with E-state index in [1.54, 1.807) is 21.3 Å². The first-order chi connectivity index (χ1) is 17.1. The van der Waals surface area contributed by atoms with Gasteiger partial charge in [-0.3, -0.25) is 4.79 Å². The first kappa shape index (κ1) is 23.1. The van der Waals surface area contributed by atoms with Crippen LogP contribution >= 0.6 is 0 Å². The third-order valence-electron chi connectivity index (χ3n) is 7.43. The summed E-state index contributed by atoms with van der Waals surface area (Å²) in [5.74, 6) is 2.29. The molecule has 35 heavy (non-hydrogen) atoms. The van der Waals surface area contributed by atoms with Gasteiger partial charge < -0.3 is 24.0 Å². The molecule has 3 aromatic rings. The second-order valence-corrected chi connectivity index (χ2v) is 9.09. The van der Waals surface area contributed by atoms with Gasteiger partial charge in [-0.2, -0.15) is 0 Å². The monoisotopic (exact) mass is 472 g/mol. The van der Waals surface area contributed by atoms with Crippen LogP contribution in [0.3, 0.4) is 0 Å². The molecule has 1 fully saturated rings. The first-order valence-electron chi connectivity index (χ1n) is 12.1. The van der Waals surface area contributed by atoms with Crippen LogP contribution in [0.4, 0.5) is 5.69 Å². The molecule has 0 radical (unpaired) electrons. The van der Waals surface area contributed by atoms with E-state index < -0.39 is 0 Å². The molecule has 6 heteroatoms. The highest BCUT2D eigenvalue weighted by molar-refractivity contribution is 5.87. The van der Waals surface area contributed by atoms with Crippen LogP contribution in [-0.2, 0) is 11.3 Å². The molecule has 182 valence electrons. The van der Waals surface area contributed by atoms with Gasteiger partial charge in [-0.1, -0.05) is 30.3 Å². The lowest BCUT2D eigenvalue weighted by Gasteiger charge is -2.43. The van der Waals surface area contributed by atoms with E-state index in [4.69, 9.17) is 14.2 Å². The van der Waals surface area contributed by atoms with Crippen LogP contribution in [0.2, 0.25) is 0 Å². The number of benzene rings is 3. The Morgan fingerprint density at radius 1 is 0.886 bits per heavy atom. The van der Waals surface area contributed by atoms with E-state index in [2.05, 4.69) is 48.2 Å². The average molecular weight is 473 g/mol. The van der Waals surface area contributed by atoms with Gasteiger partial charge in [0.1, 0.15) is 17.2 Å². The Balaban J connectivity index is 1.54. The lowest BCUT2D eigenvalue weighted by atomic mass is 9.74. The molecule has 0 N–H and O–H groups in total. The number of amides is 1. The molecule has 0 aliphatic carbocycles. The van der Waals surface area contributed by atoms with Crippen LogP contribution in [0.5, 0.6) is 17.2 Å². The number of ether oxygens (including phenoxy) is 3. The Hall–Kier alpha value is -3.67. The van der Waals surface area contributed by atoms with Crippen LogP contribution < -0.4 is 19.1 Å². The maximum Gasteiger partial charge on any atom is 0.229 e. The molecule has 2 aliphatic rings. The van der Waals surface area contributed by atoms with Crippen molar-refractivity contribution in [3.8, 4) is 17.2 Å². The fourth-order valence-electron chi connectivity index (χ4n) is 5.78. The van der Waals surface area contributed by atoms with Crippen molar-refractivity contribution in [1.82, 2.24) is 4.90 Å². The maximum atomic E-state index is 14.1. The molecule has 2 aliphatic heterocycles. The Bertz CT molecular complexity index is 1210. The number of fused-ring (bicyclic) bond motifs is 2. The molecule has 0 spiro atoms. The van der Waals surface area contributed by atoms with Crippen molar-refractivity contribution in [2.75, 3.05) is 39.3 Å². The van der Waals surface area contributed by atoms with Crippen LogP contribution in [0.1, 0.15) is 29.5 Å². The van der Waals surface area contributed by atoms with Crippen molar-refractivity contribution in [3.05, 3.63) is 83.4 Å². The van der Waals surface area contributed by atoms with E-state index in [0.29, 0.717) is 13.1 Å². The molecule has 3 aromatic carbocycles. The quantitative estimate of drug-likeness (QED) is 0.499. The fourth-order valence-corrected chi connectivity index (χ4v) is 5.78. The summed E-state index contributed by atoms with van der Waals surface area (Å²) in [7, 11) is 4.96. The topological polar surface area (TPSA) is 51.2 Å². The normalized spacial score (nSPS) is 20.9. The van der Waals surface area contributed by atoms with Crippen LogP contribution in [0, 0.1) is 5.92 Å². The zero-order valence-corrected chi connectivity index (χ0v) is 20.7. The smallest absolute Gasteiger partial charge is 0.229 e. The van der Waals surface area contributed by atoms with Crippen molar-refractivity contribution in [2.45, 2.75) is 25.4 Å². The molecule has 3 atom stereocenters. The zero-order chi connectivity index (χ0) is 24.5. The second kappa shape index (κ2) is 9.53. The summed E-state index contributed by atoms with van der Waals surface area (Å²) < 4.78 is 16.4. The Morgan fingerprint density at radius 2 is 1.60 bits per heavy atom. The molecule has 1 saturated heterocycles. The highest BCUT2D eigenvalue weighted by Crippen LogP contribution is 2.49. The molecular formula is C29H32N2O4. The molecule has 0 bridgehead atoms. The molecule has 0 saturated carbocycles. The number of para-hydroxylation sites is 1. The number of likely N-dealkylation sites (tertiary alicyclic amines) is 1. The van der Waals surface area contributed by atoms with Gasteiger partial charge in [0.05, 0.1) is 33.3 Å². The van der Waals surface area contributed by atoms with Crippen molar-refractivity contribution in [2.24, 2.45) is 5.92 Å². The summed E-state index contributed by atoms with van der Waals surface area (Å²) >= 11 is 0. The van der Waals surface area contributed by atoms with Crippen molar-refractivity contribution in [3.63, 3.8) is 0 Å². The molecule has 0 aromatic heterocycles. The summed E-state index contributed by atoms with van der Waals surface area (Å²) in [6.45, 7) is 4.19. The Labute approximate surface area is 207 Å². The predicted octanol–water partition coefficient (Wildman–Crippen LogP) is 4.71. The van der Waals surface area contributed by atoms with Gasteiger partial charge in [0.15, 0.2) is 0 Å². The third-order valence-corrected chi connectivity index (χ3v) is 7.43. The fraction of sp³-hybridized carbons (Fsp3) is 0.345. The molecule has 6 nitrogen and oxygen atoms in total. The molecule has 0 unspecified atom stereocenters. The SMILES string of the molecule is CCN1c2ccccc2[C@@H](c2ccc(OC)cc2)[C@H]2C(=O)N(Cc3ccc(OC)cc3OC)C[C@H]21. The number of methoxy groups -OCH3 is 3. The van der Waals surface area contributed by atoms with Crippen molar-refractivity contribution < 1.29 is 19.0 Å². The van der Waals surface area contributed by atoms with Crippen LogP contribution in [-0.4, -0.2) is 51.3 Å². The van der Waals surface area contributed by atoms with Crippen LogP contribution in [0.15, 0.2) is 66.7 Å². The number of nitrogens with zero attached hydrogens (tertiary/aromatic N) is 2. The zero-order valence-electron chi connectivity index (χ0n) is 20.7. The van der Waals surface area contributed by atoms with E-state index in [1.165, 1.54) is 11.3 Å². The lowest BCUT2D eigenvalue weighted by molar-refractivity contribution is -0.131. The van der Waals surface area contributed by atoms with Gasteiger partial charge in [0.25, 0.3) is 0 Å². The van der Waals surface area contributed by atoms with Gasteiger partial charge in [-0.15, -0.1) is 0 Å². The van der Waals surface area contributed by atoms with E-state index in [0.717, 1.165) is 34.9 Å². The minimum atomic E-state index is -0.164. The van der Waals surface area contributed by atoms with E-state index in [9.17, 15) is 4.79 Å². The highest BCUT2D eigenvalue weighted by atomic mass is 16.5. The third kappa shape index (κ3) is 3.97. The van der Waals surface area contributed by atoms with E-state index in [1.807, 2.05) is 35.2 Å². The molecule has 1 amide bonds. The number of hydrogen-bond donors (Lipinski definition) is 0. The average Bonchev–Trinajstić information content (AvgIpc) is 3.22. The van der Waals surface area contributed by atoms with Gasteiger partial charge >= 0.3 is 0 Å². The van der Waals surface area contributed by atoms with Crippen molar-refractivity contribution >= 4 is 11.6 Å². The summed E-state index contributed by atoms with van der Waals surface area (Å²) in [6, 6.07) is 22.6. The van der Waals surface area contributed by atoms with Crippen LogP contribution in [0.25, 0.3) is 0 Å². The maximum absolute atomic E-state index is 14.1. The molecular weight excluding hydrogens is 440 g/mol. The summed E-state index contributed by atoms with van der Waals surface area (Å²) in [5, 5.41) is 0. The van der Waals surface area contributed by atoms with Gasteiger partial charge in [-0.05, 0) is 48.4 Å². The van der Waals surface area contributed by atoms with Gasteiger partial charge in [0, 0.05) is 42.9 Å².